The van der Waals surface area contributed by atoms with Crippen LogP contribution in [0.5, 0.6) is 5.75 Å². The molecule has 1 atom stereocenters. The monoisotopic (exact) mass is 320 g/mol. The fourth-order valence-electron chi connectivity index (χ4n) is 2.10. The molecule has 0 saturated carbocycles. The number of nitro benzene ring substituents is 1. The molecule has 1 heterocycles. The van der Waals surface area contributed by atoms with E-state index in [0.29, 0.717) is 0 Å². The van der Waals surface area contributed by atoms with Gasteiger partial charge in [-0.3, -0.25) is 14.9 Å². The van der Waals surface area contributed by atoms with E-state index in [4.69, 9.17) is 0 Å². The second-order valence-corrected chi connectivity index (χ2v) is 5.84. The smallest absolute Gasteiger partial charge is 0.310 e. The first-order valence-electron chi connectivity index (χ1n) is 6.65. The summed E-state index contributed by atoms with van der Waals surface area (Å²) >= 11 is 1.60. The van der Waals surface area contributed by atoms with Gasteiger partial charge >= 0.3 is 5.69 Å². The van der Waals surface area contributed by atoms with Gasteiger partial charge in [-0.2, -0.15) is 11.3 Å². The first-order valence-corrected chi connectivity index (χ1v) is 7.60. The van der Waals surface area contributed by atoms with Crippen LogP contribution in [0.15, 0.2) is 35.0 Å². The van der Waals surface area contributed by atoms with Crippen LogP contribution in [0.1, 0.15) is 22.8 Å². The van der Waals surface area contributed by atoms with E-state index < -0.39 is 16.4 Å². The Balaban J connectivity index is 2.13. The van der Waals surface area contributed by atoms with Crippen molar-refractivity contribution in [3.63, 3.8) is 0 Å². The Labute approximate surface area is 131 Å². The molecule has 116 valence electrons. The molecule has 0 fully saturated rings. The minimum absolute atomic E-state index is 0.0283. The molecule has 2 aromatic rings. The maximum absolute atomic E-state index is 12.4. The number of likely N-dealkylation sites (N-methyl/N-ethyl adjacent to an activating group) is 1. The number of thiophene rings is 1. The molecule has 1 aromatic heterocycles. The maximum Gasteiger partial charge on any atom is 0.310 e. The zero-order valence-corrected chi connectivity index (χ0v) is 13.0. The number of phenols is 1. The molecule has 1 N–H and O–H groups in total. The largest absolute Gasteiger partial charge is 0.502 e. The molecule has 0 aliphatic carbocycles. The van der Waals surface area contributed by atoms with Gasteiger partial charge < -0.3 is 10.0 Å². The molecule has 0 saturated heterocycles. The van der Waals surface area contributed by atoms with Gasteiger partial charge in [0.2, 0.25) is 0 Å². The van der Waals surface area contributed by atoms with Crippen LogP contribution in [0.4, 0.5) is 5.69 Å². The average Bonchev–Trinajstić information content (AvgIpc) is 2.98. The highest BCUT2D eigenvalue weighted by Gasteiger charge is 2.21. The number of phenolic OH excluding ortho intramolecular Hbond substituents is 1. The van der Waals surface area contributed by atoms with Crippen LogP contribution in [-0.4, -0.2) is 33.9 Å². The molecular formula is C15H16N2O4S. The zero-order chi connectivity index (χ0) is 16.3. The molecule has 0 unspecified atom stereocenters. The van der Waals surface area contributed by atoms with Gasteiger partial charge in [0, 0.05) is 24.7 Å². The average molecular weight is 320 g/mol. The quantitative estimate of drug-likeness (QED) is 0.678. The lowest BCUT2D eigenvalue weighted by molar-refractivity contribution is -0.385. The number of hydrogen-bond acceptors (Lipinski definition) is 5. The van der Waals surface area contributed by atoms with Gasteiger partial charge in [0.25, 0.3) is 5.91 Å². The molecule has 1 amide bonds. The van der Waals surface area contributed by atoms with Gasteiger partial charge in [0.1, 0.15) is 0 Å². The highest BCUT2D eigenvalue weighted by Crippen LogP contribution is 2.27. The highest BCUT2D eigenvalue weighted by molar-refractivity contribution is 7.07. The van der Waals surface area contributed by atoms with E-state index in [2.05, 4.69) is 0 Å². The van der Waals surface area contributed by atoms with Crippen LogP contribution in [0.3, 0.4) is 0 Å². The van der Waals surface area contributed by atoms with E-state index in [1.54, 1.807) is 23.3 Å². The molecule has 0 spiro atoms. The predicted octanol–water partition coefficient (Wildman–Crippen LogP) is 3.07. The van der Waals surface area contributed by atoms with Crippen molar-refractivity contribution < 1.29 is 14.8 Å². The fraction of sp³-hybridized carbons (Fsp3) is 0.267. The number of rotatable bonds is 5. The summed E-state index contributed by atoms with van der Waals surface area (Å²) in [5.74, 6) is -0.789. The Morgan fingerprint density at radius 1 is 1.45 bits per heavy atom. The Kier molecular flexibility index (Phi) is 4.77. The van der Waals surface area contributed by atoms with E-state index >= 15 is 0 Å². The third-order valence-corrected chi connectivity index (χ3v) is 4.24. The second-order valence-electron chi connectivity index (χ2n) is 5.06. The van der Waals surface area contributed by atoms with E-state index in [1.165, 1.54) is 6.07 Å². The van der Waals surface area contributed by atoms with E-state index in [-0.39, 0.29) is 17.5 Å². The summed E-state index contributed by atoms with van der Waals surface area (Å²) in [7, 11) is 1.68. The summed E-state index contributed by atoms with van der Waals surface area (Å²) in [5, 5.41) is 24.3. The van der Waals surface area contributed by atoms with Gasteiger partial charge in [-0.15, -0.1) is 0 Å². The Hall–Kier alpha value is -2.41. The van der Waals surface area contributed by atoms with Gasteiger partial charge in [-0.25, -0.2) is 0 Å². The Morgan fingerprint density at radius 3 is 2.73 bits per heavy atom. The first kappa shape index (κ1) is 16.0. The summed E-state index contributed by atoms with van der Waals surface area (Å²) in [6.07, 6.45) is 0.727. The van der Waals surface area contributed by atoms with Gasteiger partial charge in [0.05, 0.1) is 4.92 Å². The molecule has 0 aliphatic rings. The molecule has 2 rings (SSSR count). The lowest BCUT2D eigenvalue weighted by atomic mass is 10.1. The van der Waals surface area contributed by atoms with E-state index in [0.717, 1.165) is 24.1 Å². The van der Waals surface area contributed by atoms with Crippen molar-refractivity contribution in [2.45, 2.75) is 19.4 Å². The Morgan fingerprint density at radius 2 is 2.18 bits per heavy atom. The number of benzene rings is 1. The van der Waals surface area contributed by atoms with Crippen LogP contribution in [0, 0.1) is 10.1 Å². The van der Waals surface area contributed by atoms with Crippen LogP contribution in [-0.2, 0) is 6.42 Å². The SMILES string of the molecule is C[C@H](Cc1ccsc1)N(C)C(=O)c1ccc([N+](=O)[O-])c(O)c1. The fourth-order valence-corrected chi connectivity index (χ4v) is 2.78. The summed E-state index contributed by atoms with van der Waals surface area (Å²) in [4.78, 5) is 23.9. The summed E-state index contributed by atoms with van der Waals surface area (Å²) in [6.45, 7) is 1.93. The van der Waals surface area contributed by atoms with Crippen molar-refractivity contribution in [1.29, 1.82) is 0 Å². The van der Waals surface area contributed by atoms with Gasteiger partial charge in [-0.05, 0) is 47.9 Å². The zero-order valence-electron chi connectivity index (χ0n) is 12.2. The van der Waals surface area contributed by atoms with E-state index in [1.807, 2.05) is 23.8 Å². The number of hydrogen-bond donors (Lipinski definition) is 1. The van der Waals surface area contributed by atoms with Gasteiger partial charge in [-0.1, -0.05) is 0 Å². The molecule has 22 heavy (non-hydrogen) atoms. The van der Waals surface area contributed by atoms with Crippen molar-refractivity contribution in [3.8, 4) is 5.75 Å². The minimum atomic E-state index is -0.688. The second kappa shape index (κ2) is 6.57. The molecule has 0 bridgehead atoms. The molecule has 7 heteroatoms. The summed E-state index contributed by atoms with van der Waals surface area (Å²) < 4.78 is 0. The topological polar surface area (TPSA) is 83.7 Å². The summed E-state index contributed by atoms with van der Waals surface area (Å²) in [6, 6.07) is 5.61. The molecule has 6 nitrogen and oxygen atoms in total. The third-order valence-electron chi connectivity index (χ3n) is 3.51. The number of amides is 1. The highest BCUT2D eigenvalue weighted by atomic mass is 32.1. The normalized spacial score (nSPS) is 11.9. The van der Waals surface area contributed by atoms with Crippen LogP contribution < -0.4 is 0 Å². The number of carbonyl (C=O) groups is 1. The number of nitrogens with zero attached hydrogens (tertiary/aromatic N) is 2. The standard InChI is InChI=1S/C15H16N2O4S/c1-10(7-11-5-6-22-9-11)16(2)15(19)12-3-4-13(17(20)21)14(18)8-12/h3-6,8-10,18H,7H2,1-2H3/t10-/m1/s1. The maximum atomic E-state index is 12.4. The van der Waals surface area contributed by atoms with Crippen LogP contribution >= 0.6 is 11.3 Å². The van der Waals surface area contributed by atoms with Crippen LogP contribution in [0.25, 0.3) is 0 Å². The van der Waals surface area contributed by atoms with Crippen molar-refractivity contribution in [3.05, 3.63) is 56.3 Å². The molecular weight excluding hydrogens is 304 g/mol. The molecule has 0 aliphatic heterocycles. The predicted molar refractivity (Wildman–Crippen MR) is 84.3 cm³/mol. The summed E-state index contributed by atoms with van der Waals surface area (Å²) in [5.41, 5.74) is 0.969. The van der Waals surface area contributed by atoms with Crippen molar-refractivity contribution >= 4 is 22.9 Å². The lowest BCUT2D eigenvalue weighted by Crippen LogP contribution is -2.36. The number of aromatic hydroxyl groups is 1. The first-order chi connectivity index (χ1) is 10.4. The molecule has 1 aromatic carbocycles. The van der Waals surface area contributed by atoms with Crippen molar-refractivity contribution in [2.75, 3.05) is 7.05 Å². The number of carbonyl (C=O) groups excluding carboxylic acids is 1. The molecule has 0 radical (unpaired) electrons. The number of nitro groups is 1. The lowest BCUT2D eigenvalue weighted by Gasteiger charge is -2.25. The van der Waals surface area contributed by atoms with Gasteiger partial charge in [0.15, 0.2) is 5.75 Å². The minimum Gasteiger partial charge on any atom is -0.502 e. The van der Waals surface area contributed by atoms with Crippen molar-refractivity contribution in [2.24, 2.45) is 0 Å². The third kappa shape index (κ3) is 3.43. The Bertz CT molecular complexity index is 685. The van der Waals surface area contributed by atoms with E-state index in [9.17, 15) is 20.0 Å². The van der Waals surface area contributed by atoms with Crippen LogP contribution in [0.2, 0.25) is 0 Å². The van der Waals surface area contributed by atoms with Crippen molar-refractivity contribution in [1.82, 2.24) is 4.90 Å².